The van der Waals surface area contributed by atoms with Crippen LogP contribution in [0.4, 0.5) is 4.79 Å². The summed E-state index contributed by atoms with van der Waals surface area (Å²) in [5.41, 5.74) is 1.10. The van der Waals surface area contributed by atoms with E-state index in [9.17, 15) is 9.59 Å². The molecule has 6 nitrogen and oxygen atoms in total. The summed E-state index contributed by atoms with van der Waals surface area (Å²) in [7, 11) is 6.24. The van der Waals surface area contributed by atoms with Gasteiger partial charge >= 0.3 is 6.03 Å². The number of rotatable bonds is 7. The predicted octanol–water partition coefficient (Wildman–Crippen LogP) is 3.44. The monoisotopic (exact) mass is 421 g/mol. The molecule has 0 saturated carbocycles. The quantitative estimate of drug-likeness (QED) is 0.685. The van der Waals surface area contributed by atoms with Crippen LogP contribution >= 0.6 is 15.9 Å². The van der Waals surface area contributed by atoms with E-state index in [2.05, 4.69) is 34.4 Å². The largest absolute Gasteiger partial charge is 0.497 e. The molecule has 0 aliphatic rings. The fourth-order valence-corrected chi connectivity index (χ4v) is 2.40. The Morgan fingerprint density at radius 1 is 1.27 bits per heavy atom. The molecule has 26 heavy (non-hydrogen) atoms. The van der Waals surface area contributed by atoms with Crippen LogP contribution in [-0.2, 0) is 4.79 Å². The van der Waals surface area contributed by atoms with Crippen molar-refractivity contribution in [2.75, 3.05) is 28.3 Å². The summed E-state index contributed by atoms with van der Waals surface area (Å²) >= 11 is 3.21. The smallest absolute Gasteiger partial charge is 0.324 e. The number of likely N-dealkylation sites (N-methyl/N-ethyl adjacent to an activating group) is 3. The minimum atomic E-state index is -0.812. The van der Waals surface area contributed by atoms with Gasteiger partial charge in [0, 0.05) is 31.3 Å². The van der Waals surface area contributed by atoms with Crippen molar-refractivity contribution in [2.45, 2.75) is 6.04 Å². The van der Waals surface area contributed by atoms with E-state index in [1.54, 1.807) is 57.6 Å². The van der Waals surface area contributed by atoms with Crippen molar-refractivity contribution in [1.82, 2.24) is 15.1 Å². The van der Waals surface area contributed by atoms with E-state index in [1.165, 1.54) is 16.8 Å². The standard InChI is InChI=1S/C19H24BrN3O3/c1-13(20)10-11-14(2)22(4)19(25)23(5)17(18(24)21-3)15-8-7-9-16(12-15)26-6/h7-12,17H,1-2H2,3-6H3,(H,21,24)/b11-10-. The molecule has 0 aromatic heterocycles. The fourth-order valence-electron chi connectivity index (χ4n) is 2.27. The predicted molar refractivity (Wildman–Crippen MR) is 107 cm³/mol. The lowest BCUT2D eigenvalue weighted by Crippen LogP contribution is -2.45. The molecular weight excluding hydrogens is 398 g/mol. The number of nitrogens with one attached hydrogen (secondary N) is 1. The van der Waals surface area contributed by atoms with Gasteiger partial charge in [-0.1, -0.05) is 41.2 Å². The summed E-state index contributed by atoms with van der Waals surface area (Å²) in [6.45, 7) is 7.56. The van der Waals surface area contributed by atoms with Gasteiger partial charge in [0.05, 0.1) is 7.11 Å². The number of carbonyl (C=O) groups excluding carboxylic acids is 2. The summed E-state index contributed by atoms with van der Waals surface area (Å²) in [4.78, 5) is 28.0. The van der Waals surface area contributed by atoms with Crippen LogP contribution in [0.5, 0.6) is 5.75 Å². The van der Waals surface area contributed by atoms with Crippen LogP contribution in [0.25, 0.3) is 0 Å². The van der Waals surface area contributed by atoms with Crippen molar-refractivity contribution >= 4 is 27.9 Å². The summed E-state index contributed by atoms with van der Waals surface area (Å²) in [5.74, 6) is 0.297. The normalized spacial score (nSPS) is 11.6. The third kappa shape index (κ3) is 5.49. The summed E-state index contributed by atoms with van der Waals surface area (Å²) in [5, 5.41) is 2.60. The number of urea groups is 1. The maximum Gasteiger partial charge on any atom is 0.324 e. The highest BCUT2D eigenvalue weighted by Crippen LogP contribution is 2.25. The lowest BCUT2D eigenvalue weighted by Gasteiger charge is -2.31. The summed E-state index contributed by atoms with van der Waals surface area (Å²) in [6.07, 6.45) is 3.34. The van der Waals surface area contributed by atoms with E-state index < -0.39 is 6.04 Å². The van der Waals surface area contributed by atoms with E-state index in [-0.39, 0.29) is 11.9 Å². The maximum atomic E-state index is 12.8. The molecular formula is C19H24BrN3O3. The SMILES string of the molecule is C=C(Br)/C=C\C(=C)N(C)C(=O)N(C)C(C(=O)NC)c1cccc(OC)c1. The second-order valence-electron chi connectivity index (χ2n) is 5.52. The Morgan fingerprint density at radius 3 is 2.46 bits per heavy atom. The first kappa shape index (κ1) is 21.5. The number of nitrogens with zero attached hydrogens (tertiary/aromatic N) is 2. The van der Waals surface area contributed by atoms with Crippen LogP contribution in [0.3, 0.4) is 0 Å². The minimum absolute atomic E-state index is 0.308. The Balaban J connectivity index is 3.14. The van der Waals surface area contributed by atoms with Gasteiger partial charge in [-0.2, -0.15) is 0 Å². The van der Waals surface area contributed by atoms with E-state index in [4.69, 9.17) is 4.74 Å². The molecule has 0 heterocycles. The average molecular weight is 422 g/mol. The molecule has 0 fully saturated rings. The van der Waals surface area contributed by atoms with Crippen molar-refractivity contribution in [2.24, 2.45) is 0 Å². The van der Waals surface area contributed by atoms with E-state index in [1.807, 2.05) is 0 Å². The van der Waals surface area contributed by atoms with Gasteiger partial charge in [0.15, 0.2) is 0 Å². The zero-order valence-corrected chi connectivity index (χ0v) is 17.0. The summed E-state index contributed by atoms with van der Waals surface area (Å²) in [6, 6.07) is 5.86. The number of hydrogen-bond donors (Lipinski definition) is 1. The van der Waals surface area contributed by atoms with E-state index >= 15 is 0 Å². The van der Waals surface area contributed by atoms with Gasteiger partial charge < -0.3 is 15.0 Å². The molecule has 1 N–H and O–H groups in total. The van der Waals surface area contributed by atoms with Crippen LogP contribution in [0, 0.1) is 0 Å². The lowest BCUT2D eigenvalue weighted by molar-refractivity contribution is -0.125. The first-order valence-electron chi connectivity index (χ1n) is 7.80. The molecule has 0 bridgehead atoms. The third-order valence-corrected chi connectivity index (χ3v) is 4.03. The minimum Gasteiger partial charge on any atom is -0.497 e. The van der Waals surface area contributed by atoms with Crippen LogP contribution in [-0.4, -0.2) is 50.0 Å². The Hall–Kier alpha value is -2.54. The van der Waals surface area contributed by atoms with E-state index in [0.717, 1.165) is 0 Å². The highest BCUT2D eigenvalue weighted by Gasteiger charge is 2.30. The molecule has 1 aromatic carbocycles. The number of hydrogen-bond acceptors (Lipinski definition) is 3. The highest BCUT2D eigenvalue weighted by atomic mass is 79.9. The third-order valence-electron chi connectivity index (χ3n) is 3.77. The van der Waals surface area contributed by atoms with Crippen LogP contribution in [0.2, 0.25) is 0 Å². The van der Waals surface area contributed by atoms with Crippen LogP contribution in [0.15, 0.2) is 59.8 Å². The van der Waals surface area contributed by atoms with Gasteiger partial charge in [-0.05, 0) is 29.8 Å². The zero-order chi connectivity index (χ0) is 19.9. The van der Waals surface area contributed by atoms with Crippen molar-refractivity contribution < 1.29 is 14.3 Å². The number of benzene rings is 1. The lowest BCUT2D eigenvalue weighted by atomic mass is 10.0. The molecule has 1 rings (SSSR count). The van der Waals surface area contributed by atoms with Gasteiger partial charge in [0.1, 0.15) is 11.8 Å². The molecule has 0 aliphatic heterocycles. The zero-order valence-electron chi connectivity index (χ0n) is 15.5. The topological polar surface area (TPSA) is 61.9 Å². The van der Waals surface area contributed by atoms with Gasteiger partial charge in [-0.3, -0.25) is 9.69 Å². The average Bonchev–Trinajstić information content (AvgIpc) is 2.64. The van der Waals surface area contributed by atoms with Gasteiger partial charge in [-0.15, -0.1) is 0 Å². The Kier molecular flexibility index (Phi) is 8.12. The van der Waals surface area contributed by atoms with Crippen molar-refractivity contribution in [3.05, 3.63) is 65.3 Å². The molecule has 7 heteroatoms. The van der Waals surface area contributed by atoms with Crippen molar-refractivity contribution in [1.29, 1.82) is 0 Å². The highest BCUT2D eigenvalue weighted by molar-refractivity contribution is 9.11. The van der Waals surface area contributed by atoms with Crippen LogP contribution in [0.1, 0.15) is 11.6 Å². The number of carbonyl (C=O) groups is 2. The van der Waals surface area contributed by atoms with E-state index in [0.29, 0.717) is 21.5 Å². The van der Waals surface area contributed by atoms with Crippen LogP contribution < -0.4 is 10.1 Å². The first-order valence-corrected chi connectivity index (χ1v) is 8.59. The molecule has 3 amide bonds. The molecule has 140 valence electrons. The number of methoxy groups -OCH3 is 1. The van der Waals surface area contributed by atoms with Crippen molar-refractivity contribution in [3.8, 4) is 5.75 Å². The molecule has 1 atom stereocenters. The van der Waals surface area contributed by atoms with Gasteiger partial charge in [-0.25, -0.2) is 4.79 Å². The molecule has 1 unspecified atom stereocenters. The Labute approximate surface area is 162 Å². The number of halogens is 1. The summed E-state index contributed by atoms with van der Waals surface area (Å²) < 4.78 is 5.88. The molecule has 0 aliphatic carbocycles. The van der Waals surface area contributed by atoms with Gasteiger partial charge in [0.2, 0.25) is 5.91 Å². The number of ether oxygens (including phenoxy) is 1. The second kappa shape index (κ2) is 9.82. The number of amides is 3. The number of allylic oxidation sites excluding steroid dienone is 3. The second-order valence-corrected chi connectivity index (χ2v) is 6.54. The fraction of sp³-hybridized carbons (Fsp3) is 0.263. The molecule has 0 spiro atoms. The van der Waals surface area contributed by atoms with Crippen molar-refractivity contribution in [3.63, 3.8) is 0 Å². The maximum absolute atomic E-state index is 12.8. The molecule has 0 radical (unpaired) electrons. The Bertz CT molecular complexity index is 730. The first-order chi connectivity index (χ1) is 12.2. The molecule has 1 aromatic rings. The van der Waals surface area contributed by atoms with Gasteiger partial charge in [0.25, 0.3) is 0 Å². The molecule has 0 saturated heterocycles. The Morgan fingerprint density at radius 2 is 1.92 bits per heavy atom.